The number of carbonyl (C=O) groups is 2. The number of likely N-dealkylation sites (tertiary alicyclic amines) is 1. The van der Waals surface area contributed by atoms with Gasteiger partial charge in [-0.1, -0.05) is 0 Å². The van der Waals surface area contributed by atoms with Gasteiger partial charge in [-0.25, -0.2) is 0 Å². The Morgan fingerprint density at radius 2 is 2.24 bits per heavy atom. The quantitative estimate of drug-likeness (QED) is 0.889. The molecule has 1 aliphatic carbocycles. The molecule has 3 atom stereocenters. The molecule has 2 heterocycles. The fourth-order valence-electron chi connectivity index (χ4n) is 3.29. The standard InChI is InChI=1S/C15H22N4O2/c1-10(20)17-12-4-3-5-19(9-12)15(21)14-6-13(14)11-7-16-18(2)8-11/h7-8,12-14H,3-6,9H2,1-2H3,(H,17,20)/t12-,13+,14+/m1/s1. The van der Waals surface area contributed by atoms with Crippen LogP contribution in [0.15, 0.2) is 12.4 Å². The van der Waals surface area contributed by atoms with Crippen molar-refractivity contribution in [2.45, 2.75) is 38.1 Å². The molecule has 1 aromatic heterocycles. The van der Waals surface area contributed by atoms with Crippen molar-refractivity contribution in [1.29, 1.82) is 0 Å². The second kappa shape index (κ2) is 5.50. The highest BCUT2D eigenvalue weighted by Gasteiger charge is 2.46. The fourth-order valence-corrected chi connectivity index (χ4v) is 3.29. The van der Waals surface area contributed by atoms with E-state index in [1.54, 1.807) is 4.68 Å². The van der Waals surface area contributed by atoms with Gasteiger partial charge in [0.15, 0.2) is 0 Å². The van der Waals surface area contributed by atoms with E-state index in [0.29, 0.717) is 12.5 Å². The van der Waals surface area contributed by atoms with Crippen molar-refractivity contribution >= 4 is 11.8 Å². The SMILES string of the molecule is CC(=O)N[C@@H]1CCCN(C(=O)[C@H]2C[C@H]2c2cnn(C)c2)C1. The fraction of sp³-hybridized carbons (Fsp3) is 0.667. The van der Waals surface area contributed by atoms with Crippen LogP contribution in [0.25, 0.3) is 0 Å². The second-order valence-electron chi connectivity index (χ2n) is 6.22. The number of hydrogen-bond acceptors (Lipinski definition) is 3. The van der Waals surface area contributed by atoms with E-state index in [9.17, 15) is 9.59 Å². The van der Waals surface area contributed by atoms with Crippen molar-refractivity contribution in [2.75, 3.05) is 13.1 Å². The maximum absolute atomic E-state index is 12.6. The molecule has 1 N–H and O–H groups in total. The van der Waals surface area contributed by atoms with Gasteiger partial charge in [0, 0.05) is 45.2 Å². The summed E-state index contributed by atoms with van der Waals surface area (Å²) in [4.78, 5) is 25.6. The smallest absolute Gasteiger partial charge is 0.226 e. The maximum Gasteiger partial charge on any atom is 0.226 e. The maximum atomic E-state index is 12.6. The first-order valence-corrected chi connectivity index (χ1v) is 7.59. The zero-order valence-corrected chi connectivity index (χ0v) is 12.6. The van der Waals surface area contributed by atoms with Crippen LogP contribution in [0.5, 0.6) is 0 Å². The molecule has 0 aromatic carbocycles. The largest absolute Gasteiger partial charge is 0.352 e. The first-order valence-electron chi connectivity index (χ1n) is 7.59. The first-order chi connectivity index (χ1) is 10.0. The van der Waals surface area contributed by atoms with Crippen LogP contribution in [0.2, 0.25) is 0 Å². The van der Waals surface area contributed by atoms with E-state index < -0.39 is 0 Å². The van der Waals surface area contributed by atoms with E-state index in [4.69, 9.17) is 0 Å². The molecule has 21 heavy (non-hydrogen) atoms. The van der Waals surface area contributed by atoms with Gasteiger partial charge in [0.1, 0.15) is 0 Å². The number of aromatic nitrogens is 2. The molecule has 114 valence electrons. The molecular weight excluding hydrogens is 268 g/mol. The van der Waals surface area contributed by atoms with Gasteiger partial charge in [-0.3, -0.25) is 14.3 Å². The lowest BCUT2D eigenvalue weighted by atomic mass is 10.0. The van der Waals surface area contributed by atoms with E-state index in [1.807, 2.05) is 24.3 Å². The number of aryl methyl sites for hydroxylation is 1. The van der Waals surface area contributed by atoms with Crippen LogP contribution in [-0.2, 0) is 16.6 Å². The highest BCUT2D eigenvalue weighted by Crippen LogP contribution is 2.48. The van der Waals surface area contributed by atoms with Gasteiger partial charge < -0.3 is 10.2 Å². The molecule has 0 unspecified atom stereocenters. The Balaban J connectivity index is 1.57. The molecule has 6 nitrogen and oxygen atoms in total. The summed E-state index contributed by atoms with van der Waals surface area (Å²) in [6.45, 7) is 2.99. The predicted molar refractivity (Wildman–Crippen MR) is 77.5 cm³/mol. The molecule has 0 spiro atoms. The lowest BCUT2D eigenvalue weighted by Gasteiger charge is -2.33. The van der Waals surface area contributed by atoms with Crippen molar-refractivity contribution in [1.82, 2.24) is 20.0 Å². The van der Waals surface area contributed by atoms with Crippen molar-refractivity contribution in [2.24, 2.45) is 13.0 Å². The normalized spacial score (nSPS) is 28.3. The minimum atomic E-state index is -0.0195. The summed E-state index contributed by atoms with van der Waals surface area (Å²) in [7, 11) is 1.89. The Morgan fingerprint density at radius 3 is 2.90 bits per heavy atom. The second-order valence-corrected chi connectivity index (χ2v) is 6.22. The lowest BCUT2D eigenvalue weighted by Crippen LogP contribution is -2.49. The third-order valence-corrected chi connectivity index (χ3v) is 4.40. The number of amides is 2. The van der Waals surface area contributed by atoms with Crippen molar-refractivity contribution in [3.05, 3.63) is 18.0 Å². The molecule has 6 heteroatoms. The van der Waals surface area contributed by atoms with E-state index in [1.165, 1.54) is 6.92 Å². The highest BCUT2D eigenvalue weighted by atomic mass is 16.2. The number of rotatable bonds is 3. The molecule has 1 aromatic rings. The van der Waals surface area contributed by atoms with E-state index in [2.05, 4.69) is 10.4 Å². The van der Waals surface area contributed by atoms with Gasteiger partial charge in [-0.15, -0.1) is 0 Å². The van der Waals surface area contributed by atoms with E-state index >= 15 is 0 Å². The van der Waals surface area contributed by atoms with Crippen molar-refractivity contribution in [3.63, 3.8) is 0 Å². The average Bonchev–Trinajstić information content (AvgIpc) is 3.12. The van der Waals surface area contributed by atoms with Crippen molar-refractivity contribution in [3.8, 4) is 0 Å². The summed E-state index contributed by atoms with van der Waals surface area (Å²) < 4.78 is 1.78. The van der Waals surface area contributed by atoms with Crippen molar-refractivity contribution < 1.29 is 9.59 Å². The molecule has 1 aliphatic heterocycles. The van der Waals surface area contributed by atoms with Crippen LogP contribution in [0.1, 0.15) is 37.7 Å². The topological polar surface area (TPSA) is 67.2 Å². The summed E-state index contributed by atoms with van der Waals surface area (Å²) >= 11 is 0. The van der Waals surface area contributed by atoms with E-state index in [0.717, 1.165) is 31.4 Å². The highest BCUT2D eigenvalue weighted by molar-refractivity contribution is 5.83. The summed E-state index contributed by atoms with van der Waals surface area (Å²) in [6.07, 6.45) is 6.69. The molecule has 1 saturated heterocycles. The minimum absolute atomic E-state index is 0.0195. The third kappa shape index (κ3) is 3.09. The van der Waals surface area contributed by atoms with Crippen LogP contribution in [0, 0.1) is 5.92 Å². The van der Waals surface area contributed by atoms with Crippen LogP contribution < -0.4 is 5.32 Å². The van der Waals surface area contributed by atoms with Gasteiger partial charge >= 0.3 is 0 Å². The summed E-state index contributed by atoms with van der Waals surface area (Å²) in [6, 6.07) is 0.107. The van der Waals surface area contributed by atoms with Gasteiger partial charge in [0.2, 0.25) is 11.8 Å². The molecular formula is C15H22N4O2. The number of nitrogens with one attached hydrogen (secondary N) is 1. The Hall–Kier alpha value is -1.85. The molecule has 2 fully saturated rings. The minimum Gasteiger partial charge on any atom is -0.352 e. The summed E-state index contributed by atoms with van der Waals surface area (Å²) in [5, 5.41) is 7.10. The van der Waals surface area contributed by atoms with Gasteiger partial charge in [-0.2, -0.15) is 5.10 Å². The Morgan fingerprint density at radius 1 is 1.43 bits per heavy atom. The Bertz CT molecular complexity index is 554. The molecule has 2 aliphatic rings. The average molecular weight is 290 g/mol. The zero-order chi connectivity index (χ0) is 15.0. The van der Waals surface area contributed by atoms with Crippen LogP contribution in [-0.4, -0.2) is 45.6 Å². The van der Waals surface area contributed by atoms with Gasteiger partial charge in [-0.05, 0) is 30.7 Å². The van der Waals surface area contributed by atoms with Crippen LogP contribution in [0.4, 0.5) is 0 Å². The molecule has 0 bridgehead atoms. The molecule has 1 saturated carbocycles. The first kappa shape index (κ1) is 14.1. The van der Waals surface area contributed by atoms with E-state index in [-0.39, 0.29) is 23.8 Å². The number of nitrogens with zero attached hydrogens (tertiary/aromatic N) is 3. The summed E-state index contributed by atoms with van der Waals surface area (Å²) in [5.41, 5.74) is 1.16. The third-order valence-electron chi connectivity index (χ3n) is 4.40. The predicted octanol–water partition coefficient (Wildman–Crippen LogP) is 0.651. The van der Waals surface area contributed by atoms with Crippen LogP contribution >= 0.6 is 0 Å². The molecule has 0 radical (unpaired) electrons. The zero-order valence-electron chi connectivity index (χ0n) is 12.6. The number of carbonyl (C=O) groups excluding carboxylic acids is 2. The lowest BCUT2D eigenvalue weighted by molar-refractivity contribution is -0.134. The molecule has 2 amide bonds. The Labute approximate surface area is 124 Å². The number of piperidine rings is 1. The summed E-state index contributed by atoms with van der Waals surface area (Å²) in [5.74, 6) is 0.644. The van der Waals surface area contributed by atoms with Gasteiger partial charge in [0.05, 0.1) is 6.20 Å². The molecule has 3 rings (SSSR count). The van der Waals surface area contributed by atoms with Crippen LogP contribution in [0.3, 0.4) is 0 Å². The van der Waals surface area contributed by atoms with Gasteiger partial charge in [0.25, 0.3) is 0 Å². The monoisotopic (exact) mass is 290 g/mol. The number of hydrogen-bond donors (Lipinski definition) is 1. The Kier molecular flexibility index (Phi) is 3.69.